The maximum absolute atomic E-state index is 11.6. The van der Waals surface area contributed by atoms with Gasteiger partial charge in [0.2, 0.25) is 0 Å². The lowest BCUT2D eigenvalue weighted by molar-refractivity contribution is -0.0999. The molecule has 0 radical (unpaired) electrons. The Labute approximate surface area is 202 Å². The normalized spacial score (nSPS) is 21.0. The van der Waals surface area contributed by atoms with Crippen molar-refractivity contribution in [2.24, 2.45) is 0 Å². The van der Waals surface area contributed by atoms with Gasteiger partial charge in [-0.2, -0.15) is 0 Å². The Morgan fingerprint density at radius 3 is 2.24 bits per heavy atom. The summed E-state index contributed by atoms with van der Waals surface area (Å²) in [4.78, 5) is 29.9. The van der Waals surface area contributed by atoms with Crippen LogP contribution in [0.15, 0.2) is 36.7 Å². The van der Waals surface area contributed by atoms with Crippen LogP contribution >= 0.6 is 0 Å². The summed E-state index contributed by atoms with van der Waals surface area (Å²) in [6.07, 6.45) is 3.73. The minimum Gasteiger partial charge on any atom is -0.464 e. The fourth-order valence-electron chi connectivity index (χ4n) is 4.30. The van der Waals surface area contributed by atoms with Crippen LogP contribution in [-0.2, 0) is 29.2 Å². The van der Waals surface area contributed by atoms with Crippen LogP contribution in [0, 0.1) is 0 Å². The van der Waals surface area contributed by atoms with Gasteiger partial charge in [0.25, 0.3) is 0 Å². The van der Waals surface area contributed by atoms with Gasteiger partial charge >= 0.3 is 5.97 Å². The molecule has 0 saturated carbocycles. The number of methoxy groups -OCH3 is 1. The van der Waals surface area contributed by atoms with Gasteiger partial charge in [0.1, 0.15) is 11.9 Å². The summed E-state index contributed by atoms with van der Waals surface area (Å²) in [5.74, 6) is -0.416. The lowest BCUT2D eigenvalue weighted by Gasteiger charge is -2.39. The second kappa shape index (κ2) is 11.8. The maximum atomic E-state index is 11.6. The highest BCUT2D eigenvalue weighted by atomic mass is 16.5. The molecule has 0 N–H and O–H groups in total. The molecule has 9 nitrogen and oxygen atoms in total. The Bertz CT molecular complexity index is 915. The first-order chi connectivity index (χ1) is 16.5. The van der Waals surface area contributed by atoms with E-state index in [0.717, 1.165) is 70.2 Å². The average molecular weight is 469 g/mol. The van der Waals surface area contributed by atoms with E-state index in [2.05, 4.69) is 55.8 Å². The fourth-order valence-corrected chi connectivity index (χ4v) is 4.30. The smallest absolute Gasteiger partial charge is 0.356 e. The molecule has 0 bridgehead atoms. The van der Waals surface area contributed by atoms with E-state index < -0.39 is 5.97 Å². The van der Waals surface area contributed by atoms with Crippen LogP contribution < -0.4 is 0 Å². The van der Waals surface area contributed by atoms with E-state index in [9.17, 15) is 4.79 Å². The molecule has 4 rings (SSSR count). The first-order valence-electron chi connectivity index (χ1n) is 11.9. The van der Waals surface area contributed by atoms with E-state index in [4.69, 9.17) is 9.47 Å². The molecule has 4 heterocycles. The Balaban J connectivity index is 1.25. The Kier molecular flexibility index (Phi) is 8.58. The van der Waals surface area contributed by atoms with Gasteiger partial charge in [-0.1, -0.05) is 12.1 Å². The Morgan fingerprint density at radius 1 is 0.912 bits per heavy atom. The van der Waals surface area contributed by atoms with Gasteiger partial charge in [-0.15, -0.1) is 0 Å². The topological polar surface area (TPSA) is 74.3 Å². The average Bonchev–Trinajstić information content (AvgIpc) is 2.86. The molecule has 2 fully saturated rings. The summed E-state index contributed by atoms with van der Waals surface area (Å²) >= 11 is 0. The van der Waals surface area contributed by atoms with Gasteiger partial charge in [-0.3, -0.25) is 19.7 Å². The second-order valence-corrected chi connectivity index (χ2v) is 9.26. The van der Waals surface area contributed by atoms with E-state index in [0.29, 0.717) is 12.3 Å². The summed E-state index contributed by atoms with van der Waals surface area (Å²) in [7, 11) is 5.64. The van der Waals surface area contributed by atoms with Crippen molar-refractivity contribution in [3.63, 3.8) is 0 Å². The van der Waals surface area contributed by atoms with Gasteiger partial charge in [-0.05, 0) is 37.4 Å². The first-order valence-corrected chi connectivity index (χ1v) is 11.9. The summed E-state index contributed by atoms with van der Waals surface area (Å²) < 4.78 is 11.0. The predicted molar refractivity (Wildman–Crippen MR) is 129 cm³/mol. The molecular formula is C25H36N6O3. The maximum Gasteiger partial charge on any atom is 0.356 e. The van der Waals surface area contributed by atoms with Gasteiger partial charge in [0, 0.05) is 71.3 Å². The SMILES string of the molecule is COC(=O)c1ccc(CN2CCN(C)C(OCc3ccc(CN4CCN(C)CC4)cn3)C2)cn1. The first kappa shape index (κ1) is 24.7. The molecule has 0 spiro atoms. The number of aromatic nitrogens is 2. The van der Waals surface area contributed by atoms with Crippen LogP contribution in [0.4, 0.5) is 0 Å². The molecule has 2 aromatic rings. The van der Waals surface area contributed by atoms with Crippen molar-refractivity contribution in [3.8, 4) is 0 Å². The summed E-state index contributed by atoms with van der Waals surface area (Å²) in [6, 6.07) is 7.90. The molecule has 0 amide bonds. The van der Waals surface area contributed by atoms with Crippen molar-refractivity contribution in [1.82, 2.24) is 29.6 Å². The highest BCUT2D eigenvalue weighted by molar-refractivity contribution is 5.86. The molecule has 9 heteroatoms. The lowest BCUT2D eigenvalue weighted by atomic mass is 10.2. The monoisotopic (exact) mass is 468 g/mol. The van der Waals surface area contributed by atoms with E-state index in [1.807, 2.05) is 12.3 Å². The van der Waals surface area contributed by atoms with Crippen LogP contribution in [0.1, 0.15) is 27.3 Å². The van der Waals surface area contributed by atoms with E-state index in [-0.39, 0.29) is 6.23 Å². The molecule has 2 aliphatic rings. The molecule has 0 aliphatic carbocycles. The van der Waals surface area contributed by atoms with E-state index in [1.54, 1.807) is 12.3 Å². The summed E-state index contributed by atoms with van der Waals surface area (Å²) in [6.45, 7) is 9.36. The number of carbonyl (C=O) groups is 1. The Hall–Kier alpha value is -2.43. The standard InChI is InChI=1S/C25H36N6O3/c1-28-8-11-30(12-9-28)16-20-4-6-22(26-14-20)19-34-24-18-31(13-10-29(24)2)17-21-5-7-23(27-15-21)25(32)33-3/h4-7,14-15,24H,8-13,16-19H2,1-3H3. The molecule has 2 aliphatic heterocycles. The zero-order valence-electron chi connectivity index (χ0n) is 20.5. The van der Waals surface area contributed by atoms with E-state index >= 15 is 0 Å². The van der Waals surface area contributed by atoms with Crippen molar-refractivity contribution in [1.29, 1.82) is 0 Å². The van der Waals surface area contributed by atoms with Crippen LogP contribution in [0.5, 0.6) is 0 Å². The minimum atomic E-state index is -0.416. The van der Waals surface area contributed by atoms with Gasteiger partial charge in [-0.25, -0.2) is 9.78 Å². The summed E-state index contributed by atoms with van der Waals surface area (Å²) in [5.41, 5.74) is 3.60. The van der Waals surface area contributed by atoms with Crippen molar-refractivity contribution in [2.75, 3.05) is 67.0 Å². The predicted octanol–water partition coefficient (Wildman–Crippen LogP) is 1.30. The number of nitrogens with zero attached hydrogens (tertiary/aromatic N) is 6. The van der Waals surface area contributed by atoms with Crippen LogP contribution in [0.25, 0.3) is 0 Å². The van der Waals surface area contributed by atoms with Gasteiger partial charge in [0.15, 0.2) is 0 Å². The number of hydrogen-bond acceptors (Lipinski definition) is 9. The molecular weight excluding hydrogens is 432 g/mol. The number of piperazine rings is 2. The molecule has 34 heavy (non-hydrogen) atoms. The molecule has 1 unspecified atom stereocenters. The van der Waals surface area contributed by atoms with Crippen molar-refractivity contribution in [2.45, 2.75) is 25.9 Å². The number of carbonyl (C=O) groups excluding carboxylic acids is 1. The zero-order chi connectivity index (χ0) is 23.9. The van der Waals surface area contributed by atoms with Crippen LogP contribution in [0.3, 0.4) is 0 Å². The second-order valence-electron chi connectivity index (χ2n) is 9.26. The number of hydrogen-bond donors (Lipinski definition) is 0. The third-order valence-corrected chi connectivity index (χ3v) is 6.61. The molecule has 1 atom stereocenters. The minimum absolute atomic E-state index is 0.00266. The van der Waals surface area contributed by atoms with Gasteiger partial charge in [0.05, 0.1) is 19.4 Å². The molecule has 2 saturated heterocycles. The van der Waals surface area contributed by atoms with Gasteiger partial charge < -0.3 is 14.4 Å². The largest absolute Gasteiger partial charge is 0.464 e. The van der Waals surface area contributed by atoms with Crippen molar-refractivity contribution < 1.29 is 14.3 Å². The van der Waals surface area contributed by atoms with Crippen LogP contribution in [0.2, 0.25) is 0 Å². The lowest BCUT2D eigenvalue weighted by Crippen LogP contribution is -2.52. The zero-order valence-corrected chi connectivity index (χ0v) is 20.5. The fraction of sp³-hybridized carbons (Fsp3) is 0.560. The third kappa shape index (κ3) is 6.80. The number of esters is 1. The van der Waals surface area contributed by atoms with E-state index in [1.165, 1.54) is 12.7 Å². The summed E-state index contributed by atoms with van der Waals surface area (Å²) in [5, 5.41) is 0. The molecule has 0 aromatic carbocycles. The number of pyridine rings is 2. The van der Waals surface area contributed by atoms with Crippen LogP contribution in [-0.4, -0.2) is 109 Å². The molecule has 184 valence electrons. The highest BCUT2D eigenvalue weighted by Gasteiger charge is 2.25. The quantitative estimate of drug-likeness (QED) is 0.533. The highest BCUT2D eigenvalue weighted by Crippen LogP contribution is 2.15. The number of likely N-dealkylation sites (N-methyl/N-ethyl adjacent to an activating group) is 2. The van der Waals surface area contributed by atoms with Crippen molar-refractivity contribution >= 4 is 5.97 Å². The number of rotatable bonds is 8. The third-order valence-electron chi connectivity index (χ3n) is 6.61. The Morgan fingerprint density at radius 2 is 1.59 bits per heavy atom. The van der Waals surface area contributed by atoms with Crippen molar-refractivity contribution in [3.05, 3.63) is 59.2 Å². The molecule has 2 aromatic heterocycles. The number of ether oxygens (including phenoxy) is 2.